The Labute approximate surface area is 405 Å². The van der Waals surface area contributed by atoms with E-state index in [0.717, 1.165) is 113 Å². The van der Waals surface area contributed by atoms with Gasteiger partial charge in [-0.3, -0.25) is 0 Å². The SMILES string of the molecule is [C-]#[N+]c1c(-n2c3ccccc3c3cc(CC)ccc32)c(-n2c3ccccc3c3cc(CC)ccc32)c(C#N)c(-n2c3ccccc3c3cc(CC)ccc32)c1-n1c2ccccc2c2cc(CC)ccc21. The van der Waals surface area contributed by atoms with E-state index in [1.165, 1.54) is 22.3 Å². The van der Waals surface area contributed by atoms with Crippen molar-refractivity contribution in [2.45, 2.75) is 53.4 Å². The van der Waals surface area contributed by atoms with E-state index >= 15 is 0 Å². The van der Waals surface area contributed by atoms with E-state index in [-0.39, 0.29) is 0 Å². The van der Waals surface area contributed by atoms with Gasteiger partial charge in [0.2, 0.25) is 5.69 Å². The number of aromatic nitrogens is 4. The number of benzene rings is 9. The van der Waals surface area contributed by atoms with Crippen molar-refractivity contribution < 1.29 is 0 Å². The van der Waals surface area contributed by atoms with Gasteiger partial charge in [-0.05, 0) is 121 Å². The lowest BCUT2D eigenvalue weighted by Crippen LogP contribution is -2.14. The third-order valence-electron chi connectivity index (χ3n) is 15.1. The summed E-state index contributed by atoms with van der Waals surface area (Å²) in [6.07, 6.45) is 3.55. The summed E-state index contributed by atoms with van der Waals surface area (Å²) in [6.45, 7) is 18.6. The largest absolute Gasteiger partial charge is 0.317 e. The van der Waals surface area contributed by atoms with Crippen molar-refractivity contribution in [1.29, 1.82) is 5.26 Å². The van der Waals surface area contributed by atoms with E-state index in [1.807, 2.05) is 0 Å². The molecule has 0 radical (unpaired) electrons. The topological polar surface area (TPSA) is 47.9 Å². The zero-order chi connectivity index (χ0) is 47.4. The molecule has 6 nitrogen and oxygen atoms in total. The molecule has 0 fully saturated rings. The summed E-state index contributed by atoms with van der Waals surface area (Å²) < 4.78 is 9.18. The molecule has 0 bridgehead atoms. The minimum absolute atomic E-state index is 0.445. The van der Waals surface area contributed by atoms with Gasteiger partial charge in [-0.25, -0.2) is 4.85 Å². The summed E-state index contributed by atoms with van der Waals surface area (Å²) in [6, 6.07) is 64.1. The van der Waals surface area contributed by atoms with Crippen LogP contribution in [0.15, 0.2) is 170 Å². The van der Waals surface area contributed by atoms with Crippen LogP contribution in [-0.2, 0) is 25.7 Å². The second-order valence-corrected chi connectivity index (χ2v) is 18.6. The zero-order valence-corrected chi connectivity index (χ0v) is 39.7. The van der Waals surface area contributed by atoms with Crippen LogP contribution in [0.4, 0.5) is 5.69 Å². The van der Waals surface area contributed by atoms with Gasteiger partial charge in [0, 0.05) is 43.1 Å². The molecule has 0 unspecified atom stereocenters. The molecule has 0 N–H and O–H groups in total. The summed E-state index contributed by atoms with van der Waals surface area (Å²) in [4.78, 5) is 4.84. The number of aryl methyl sites for hydroxylation is 4. The average molecular weight is 901 g/mol. The van der Waals surface area contributed by atoms with Crippen LogP contribution in [0.1, 0.15) is 55.5 Å². The molecule has 4 heterocycles. The molecule has 0 aliphatic rings. The van der Waals surface area contributed by atoms with Crippen LogP contribution in [0, 0.1) is 17.9 Å². The van der Waals surface area contributed by atoms with Gasteiger partial charge >= 0.3 is 0 Å². The van der Waals surface area contributed by atoms with Crippen LogP contribution in [0.3, 0.4) is 0 Å². The van der Waals surface area contributed by atoms with Crippen LogP contribution < -0.4 is 0 Å². The number of nitrogens with zero attached hydrogens (tertiary/aromatic N) is 6. The van der Waals surface area contributed by atoms with Crippen LogP contribution in [0.2, 0.25) is 0 Å². The molecule has 334 valence electrons. The van der Waals surface area contributed by atoms with Crippen LogP contribution >= 0.6 is 0 Å². The maximum Gasteiger partial charge on any atom is 0.238 e. The van der Waals surface area contributed by atoms with Crippen molar-refractivity contribution in [3.05, 3.63) is 209 Å². The molecular weight excluding hydrogens is 853 g/mol. The fourth-order valence-corrected chi connectivity index (χ4v) is 11.7. The lowest BCUT2D eigenvalue weighted by atomic mass is 10.0. The van der Waals surface area contributed by atoms with E-state index in [1.54, 1.807) is 0 Å². The molecule has 0 spiro atoms. The first-order valence-corrected chi connectivity index (χ1v) is 24.6. The zero-order valence-electron chi connectivity index (χ0n) is 39.7. The van der Waals surface area contributed by atoms with Crippen molar-refractivity contribution in [2.24, 2.45) is 0 Å². The number of fused-ring (bicyclic) bond motifs is 12. The van der Waals surface area contributed by atoms with Gasteiger partial charge in [-0.2, -0.15) is 5.26 Å². The third kappa shape index (κ3) is 5.71. The van der Waals surface area contributed by atoms with Gasteiger partial charge in [0.15, 0.2) is 0 Å². The highest BCUT2D eigenvalue weighted by Crippen LogP contribution is 2.52. The van der Waals surface area contributed by atoms with E-state index < -0.39 is 0 Å². The van der Waals surface area contributed by atoms with Crippen molar-refractivity contribution in [3.63, 3.8) is 0 Å². The number of para-hydroxylation sites is 4. The van der Waals surface area contributed by atoms with Crippen LogP contribution in [-0.4, -0.2) is 18.3 Å². The molecule has 13 aromatic rings. The molecule has 4 aromatic heterocycles. The highest BCUT2D eigenvalue weighted by atomic mass is 15.1. The fourth-order valence-electron chi connectivity index (χ4n) is 11.7. The molecule has 0 saturated carbocycles. The summed E-state index contributed by atoms with van der Waals surface area (Å²) in [7, 11) is 0. The summed E-state index contributed by atoms with van der Waals surface area (Å²) in [5, 5.41) is 21.3. The number of hydrogen-bond donors (Lipinski definition) is 0. The summed E-state index contributed by atoms with van der Waals surface area (Å²) in [5.41, 5.74) is 16.2. The van der Waals surface area contributed by atoms with Crippen LogP contribution in [0.25, 0.3) is 115 Å². The van der Waals surface area contributed by atoms with Gasteiger partial charge < -0.3 is 18.3 Å². The van der Waals surface area contributed by atoms with Gasteiger partial charge in [0.25, 0.3) is 0 Å². The lowest BCUT2D eigenvalue weighted by molar-refractivity contribution is 1.04. The third-order valence-corrected chi connectivity index (χ3v) is 15.1. The van der Waals surface area contributed by atoms with Gasteiger partial charge in [-0.15, -0.1) is 0 Å². The van der Waals surface area contributed by atoms with E-state index in [4.69, 9.17) is 4.85 Å². The second-order valence-electron chi connectivity index (χ2n) is 18.6. The Morgan fingerprint density at radius 3 is 0.871 bits per heavy atom. The Kier molecular flexibility index (Phi) is 9.38. The Balaban J connectivity index is 1.36. The lowest BCUT2D eigenvalue weighted by Gasteiger charge is -2.27. The summed E-state index contributed by atoms with van der Waals surface area (Å²) in [5.74, 6) is 0. The Morgan fingerprint density at radius 1 is 0.357 bits per heavy atom. The van der Waals surface area contributed by atoms with Crippen molar-refractivity contribution in [3.8, 4) is 28.8 Å². The molecule has 0 atom stereocenters. The Hall–Kier alpha value is -8.84. The first-order valence-electron chi connectivity index (χ1n) is 24.6. The number of rotatable bonds is 8. The van der Waals surface area contributed by atoms with Gasteiger partial charge in [-0.1, -0.05) is 125 Å². The highest BCUT2D eigenvalue weighted by molar-refractivity contribution is 6.17. The quantitative estimate of drug-likeness (QED) is 0.140. The van der Waals surface area contributed by atoms with E-state index in [0.29, 0.717) is 34.0 Å². The van der Waals surface area contributed by atoms with Crippen LogP contribution in [0.5, 0.6) is 0 Å². The number of nitriles is 1. The molecular formula is C64H48N6. The van der Waals surface area contributed by atoms with Crippen molar-refractivity contribution in [2.75, 3.05) is 0 Å². The molecule has 9 aromatic carbocycles. The average Bonchev–Trinajstić information content (AvgIpc) is 4.13. The van der Waals surface area contributed by atoms with Crippen molar-refractivity contribution >= 4 is 92.9 Å². The first kappa shape index (κ1) is 41.4. The molecule has 0 saturated heterocycles. The molecule has 70 heavy (non-hydrogen) atoms. The normalized spacial score (nSPS) is 11.9. The molecule has 0 aliphatic heterocycles. The predicted octanol–water partition coefficient (Wildman–Crippen LogP) is 16.7. The number of hydrogen-bond acceptors (Lipinski definition) is 1. The molecule has 0 aliphatic carbocycles. The fraction of sp³-hybridized carbons (Fsp3) is 0.125. The highest BCUT2D eigenvalue weighted by Gasteiger charge is 2.34. The van der Waals surface area contributed by atoms with Gasteiger partial charge in [0.1, 0.15) is 11.6 Å². The molecule has 13 rings (SSSR count). The first-order chi connectivity index (χ1) is 34.5. The van der Waals surface area contributed by atoms with E-state index in [9.17, 15) is 11.8 Å². The van der Waals surface area contributed by atoms with E-state index in [2.05, 4.69) is 222 Å². The minimum atomic E-state index is 0.445. The predicted molar refractivity (Wildman–Crippen MR) is 292 cm³/mol. The van der Waals surface area contributed by atoms with Crippen molar-refractivity contribution in [1.82, 2.24) is 18.3 Å². The maximum atomic E-state index is 12.6. The second kappa shape index (κ2) is 15.9. The van der Waals surface area contributed by atoms with Gasteiger partial charge in [0.05, 0.1) is 73.5 Å². The monoisotopic (exact) mass is 900 g/mol. The standard InChI is InChI=1S/C64H48N6/c1-6-39-26-30-56-47(34-39)43-18-10-14-22-52(43)67(56)61-51(38-65)62(68-53-23-15-11-19-44(53)48-35-40(7-2)27-31-57(48)68)64(70-55-25-17-13-21-46(55)50-37-42(9-4)29-33-59(50)70)60(66-5)63(61)69-54-24-16-12-20-45(54)49-36-41(8-3)28-32-58(49)69/h10-37H,6-9H2,1-4H3. The Morgan fingerprint density at radius 2 is 0.614 bits per heavy atom. The molecule has 0 amide bonds. The maximum absolute atomic E-state index is 12.6. The minimum Gasteiger partial charge on any atom is -0.317 e. The Bertz CT molecular complexity index is 3880. The summed E-state index contributed by atoms with van der Waals surface area (Å²) >= 11 is 0. The smallest absolute Gasteiger partial charge is 0.238 e. The molecule has 6 heteroatoms.